The summed E-state index contributed by atoms with van der Waals surface area (Å²) >= 11 is 5.91. The molecule has 0 aliphatic carbocycles. The third-order valence-electron chi connectivity index (χ3n) is 2.78. The van der Waals surface area contributed by atoms with Gasteiger partial charge in [-0.1, -0.05) is 44.2 Å². The lowest BCUT2D eigenvalue weighted by Crippen LogP contribution is -2.31. The van der Waals surface area contributed by atoms with E-state index >= 15 is 0 Å². The highest BCUT2D eigenvalue weighted by atomic mass is 35.5. The lowest BCUT2D eigenvalue weighted by Gasteiger charge is -2.17. The maximum absolute atomic E-state index is 5.91. The molecule has 0 bridgehead atoms. The number of nitrogens with zero attached hydrogens (tertiary/aromatic N) is 1. The first-order valence-corrected chi connectivity index (χ1v) is 6.67. The van der Waals surface area contributed by atoms with Gasteiger partial charge in [-0.3, -0.25) is 4.99 Å². The maximum atomic E-state index is 5.91. The maximum Gasteiger partial charge on any atom is 0.191 e. The van der Waals surface area contributed by atoms with Crippen LogP contribution in [0.2, 0.25) is 0 Å². The van der Waals surface area contributed by atoms with Gasteiger partial charge in [0.15, 0.2) is 5.29 Å². The molecule has 2 N–H and O–H groups in total. The van der Waals surface area contributed by atoms with Crippen LogP contribution < -0.4 is 10.6 Å². The normalized spacial score (nSPS) is 13.7. The molecule has 0 fully saturated rings. The molecule has 1 aromatic rings. The third kappa shape index (κ3) is 5.52. The highest BCUT2D eigenvalue weighted by molar-refractivity contribution is 6.64. The summed E-state index contributed by atoms with van der Waals surface area (Å²) in [5.74, 6) is 0.454. The average Bonchev–Trinajstić information content (AvgIpc) is 2.38. The number of nitrogens with one attached hydrogen (secondary N) is 2. The van der Waals surface area contributed by atoms with Crippen LogP contribution in [0.5, 0.6) is 0 Å². The molecule has 1 aromatic carbocycles. The highest BCUT2D eigenvalue weighted by Crippen LogP contribution is 2.07. The predicted octanol–water partition coefficient (Wildman–Crippen LogP) is 2.62. The Morgan fingerprint density at radius 3 is 2.50 bits per heavy atom. The van der Waals surface area contributed by atoms with Crippen molar-refractivity contribution < 1.29 is 0 Å². The summed E-state index contributed by atoms with van der Waals surface area (Å²) in [6, 6.07) is 10.5. The molecule has 0 aromatic heterocycles. The van der Waals surface area contributed by atoms with Crippen LogP contribution in [-0.2, 0) is 6.54 Å². The van der Waals surface area contributed by atoms with Crippen LogP contribution >= 0.6 is 11.6 Å². The van der Waals surface area contributed by atoms with Crippen LogP contribution in [0.4, 0.5) is 0 Å². The number of amidine groups is 1. The van der Waals surface area contributed by atoms with Gasteiger partial charge in [0.2, 0.25) is 0 Å². The Kier molecular flexibility index (Phi) is 6.76. The minimum atomic E-state index is 0.189. The van der Waals surface area contributed by atoms with Crippen LogP contribution in [-0.4, -0.2) is 24.9 Å². The Balaban J connectivity index is 2.43. The Morgan fingerprint density at radius 1 is 1.28 bits per heavy atom. The smallest absolute Gasteiger partial charge is 0.191 e. The van der Waals surface area contributed by atoms with Gasteiger partial charge in [-0.15, -0.1) is 0 Å². The SMILES string of the molecule is CN/C(Cl)=N\C(CNCc1ccccc1)C(C)C. The van der Waals surface area contributed by atoms with E-state index in [-0.39, 0.29) is 6.04 Å². The molecule has 0 heterocycles. The first kappa shape index (κ1) is 15.0. The topological polar surface area (TPSA) is 36.4 Å². The largest absolute Gasteiger partial charge is 0.364 e. The Morgan fingerprint density at radius 2 is 1.94 bits per heavy atom. The second kappa shape index (κ2) is 8.11. The molecule has 0 aliphatic heterocycles. The predicted molar refractivity (Wildman–Crippen MR) is 79.1 cm³/mol. The van der Waals surface area contributed by atoms with Gasteiger partial charge in [0.25, 0.3) is 0 Å². The molecule has 1 atom stereocenters. The van der Waals surface area contributed by atoms with Crippen LogP contribution in [0.1, 0.15) is 19.4 Å². The fourth-order valence-electron chi connectivity index (χ4n) is 1.60. The second-order valence-corrected chi connectivity index (χ2v) is 4.96. The molecule has 1 unspecified atom stereocenters. The number of aliphatic imine (C=N–C) groups is 1. The van der Waals surface area contributed by atoms with E-state index in [1.54, 1.807) is 7.05 Å². The first-order chi connectivity index (χ1) is 8.63. The molecule has 0 saturated heterocycles. The van der Waals surface area contributed by atoms with Gasteiger partial charge in [0.05, 0.1) is 6.04 Å². The minimum Gasteiger partial charge on any atom is -0.364 e. The van der Waals surface area contributed by atoms with Crippen molar-refractivity contribution in [2.75, 3.05) is 13.6 Å². The summed E-state index contributed by atoms with van der Waals surface area (Å²) in [7, 11) is 1.78. The van der Waals surface area contributed by atoms with Gasteiger partial charge >= 0.3 is 0 Å². The summed E-state index contributed by atoms with van der Waals surface area (Å²) in [6.45, 7) is 5.98. The number of halogens is 1. The summed E-state index contributed by atoms with van der Waals surface area (Å²) in [6.07, 6.45) is 0. The van der Waals surface area contributed by atoms with Crippen molar-refractivity contribution in [2.24, 2.45) is 10.9 Å². The van der Waals surface area contributed by atoms with Gasteiger partial charge < -0.3 is 10.6 Å². The quantitative estimate of drug-likeness (QED) is 0.472. The van der Waals surface area contributed by atoms with E-state index in [1.807, 2.05) is 18.2 Å². The molecule has 18 heavy (non-hydrogen) atoms. The van der Waals surface area contributed by atoms with Gasteiger partial charge in [-0.05, 0) is 23.1 Å². The van der Waals surface area contributed by atoms with E-state index in [4.69, 9.17) is 11.6 Å². The van der Waals surface area contributed by atoms with E-state index < -0.39 is 0 Å². The molecule has 0 saturated carbocycles. The van der Waals surface area contributed by atoms with Gasteiger partial charge in [0.1, 0.15) is 0 Å². The molecule has 0 amide bonds. The summed E-state index contributed by atoms with van der Waals surface area (Å²) in [5, 5.41) is 6.73. The van der Waals surface area contributed by atoms with Crippen molar-refractivity contribution in [2.45, 2.75) is 26.4 Å². The lowest BCUT2D eigenvalue weighted by atomic mass is 10.1. The van der Waals surface area contributed by atoms with Crippen molar-refractivity contribution in [3.05, 3.63) is 35.9 Å². The highest BCUT2D eigenvalue weighted by Gasteiger charge is 2.12. The number of rotatable bonds is 6. The third-order valence-corrected chi connectivity index (χ3v) is 3.07. The molecule has 1 rings (SSSR count). The average molecular weight is 268 g/mol. The molecule has 4 heteroatoms. The molecule has 3 nitrogen and oxygen atoms in total. The Labute approximate surface area is 115 Å². The lowest BCUT2D eigenvalue weighted by molar-refractivity contribution is 0.460. The van der Waals surface area contributed by atoms with Crippen molar-refractivity contribution in [3.63, 3.8) is 0 Å². The van der Waals surface area contributed by atoms with Crippen molar-refractivity contribution in [1.29, 1.82) is 0 Å². The Bertz CT molecular complexity index is 363. The molecule has 0 spiro atoms. The van der Waals surface area contributed by atoms with E-state index in [1.165, 1.54) is 5.56 Å². The summed E-state index contributed by atoms with van der Waals surface area (Å²) in [5.41, 5.74) is 1.28. The summed E-state index contributed by atoms with van der Waals surface area (Å²) < 4.78 is 0. The zero-order valence-electron chi connectivity index (χ0n) is 11.3. The van der Waals surface area contributed by atoms with Crippen LogP contribution in [0.15, 0.2) is 35.3 Å². The fraction of sp³-hybridized carbons (Fsp3) is 0.500. The molecule has 0 aliphatic rings. The van der Waals surface area contributed by atoms with Crippen molar-refractivity contribution in [3.8, 4) is 0 Å². The van der Waals surface area contributed by atoms with Crippen molar-refractivity contribution in [1.82, 2.24) is 10.6 Å². The van der Waals surface area contributed by atoms with Gasteiger partial charge in [0, 0.05) is 20.1 Å². The van der Waals surface area contributed by atoms with Crippen LogP contribution in [0.25, 0.3) is 0 Å². The molecular formula is C14H22ClN3. The Hall–Kier alpha value is -1.06. The minimum absolute atomic E-state index is 0.189. The van der Waals surface area contributed by atoms with E-state index in [0.717, 1.165) is 13.1 Å². The van der Waals surface area contributed by atoms with Crippen molar-refractivity contribution >= 4 is 16.9 Å². The number of benzene rings is 1. The fourth-order valence-corrected chi connectivity index (χ4v) is 1.73. The molecule has 0 radical (unpaired) electrons. The number of hydrogen-bond donors (Lipinski definition) is 2. The standard InChI is InChI=1S/C14H22ClN3/c1-11(2)13(18-14(15)16-3)10-17-9-12-7-5-4-6-8-12/h4-8,11,13,17H,9-10H2,1-3H3,(H,16,18). The van der Waals surface area contributed by atoms with Gasteiger partial charge in [-0.25, -0.2) is 0 Å². The second-order valence-electron chi connectivity index (χ2n) is 4.60. The monoisotopic (exact) mass is 267 g/mol. The molecule has 100 valence electrons. The van der Waals surface area contributed by atoms with E-state index in [9.17, 15) is 0 Å². The van der Waals surface area contributed by atoms with E-state index in [0.29, 0.717) is 11.2 Å². The van der Waals surface area contributed by atoms with Crippen LogP contribution in [0.3, 0.4) is 0 Å². The van der Waals surface area contributed by atoms with Gasteiger partial charge in [-0.2, -0.15) is 0 Å². The summed E-state index contributed by atoms with van der Waals surface area (Å²) in [4.78, 5) is 4.43. The first-order valence-electron chi connectivity index (χ1n) is 6.29. The zero-order valence-corrected chi connectivity index (χ0v) is 12.0. The van der Waals surface area contributed by atoms with Crippen LogP contribution in [0, 0.1) is 5.92 Å². The van der Waals surface area contributed by atoms with E-state index in [2.05, 4.69) is 41.6 Å². The number of hydrogen-bond acceptors (Lipinski definition) is 2. The molecular weight excluding hydrogens is 246 g/mol. The zero-order chi connectivity index (χ0) is 13.4.